The third-order valence-corrected chi connectivity index (χ3v) is 2.26. The first-order valence-electron chi connectivity index (χ1n) is 4.40. The molecule has 0 spiro atoms. The standard InChI is InChI=1S/C11H7N3/c1-2-4-10-8(3-1)9-7-12-6-5-11(9)14-13-10/h1-7H. The quantitative estimate of drug-likeness (QED) is 0.499. The van der Waals surface area contributed by atoms with Gasteiger partial charge in [0.2, 0.25) is 0 Å². The van der Waals surface area contributed by atoms with Crippen molar-refractivity contribution in [3.8, 4) is 0 Å². The highest BCUT2D eigenvalue weighted by molar-refractivity contribution is 6.02. The van der Waals surface area contributed by atoms with E-state index in [-0.39, 0.29) is 0 Å². The van der Waals surface area contributed by atoms with E-state index in [1.54, 1.807) is 6.20 Å². The Labute approximate surface area is 80.4 Å². The molecule has 0 unspecified atom stereocenters. The van der Waals surface area contributed by atoms with E-state index < -0.39 is 0 Å². The van der Waals surface area contributed by atoms with Gasteiger partial charge in [-0.2, -0.15) is 0 Å². The van der Waals surface area contributed by atoms with Crippen molar-refractivity contribution in [3.05, 3.63) is 42.7 Å². The molecular weight excluding hydrogens is 174 g/mol. The van der Waals surface area contributed by atoms with Crippen molar-refractivity contribution in [1.29, 1.82) is 0 Å². The van der Waals surface area contributed by atoms with Gasteiger partial charge in [0.05, 0.1) is 11.0 Å². The highest BCUT2D eigenvalue weighted by Crippen LogP contribution is 2.19. The van der Waals surface area contributed by atoms with Gasteiger partial charge < -0.3 is 0 Å². The third-order valence-electron chi connectivity index (χ3n) is 2.26. The molecule has 2 aromatic heterocycles. The summed E-state index contributed by atoms with van der Waals surface area (Å²) in [6.07, 6.45) is 3.55. The Balaban J connectivity index is 2.61. The van der Waals surface area contributed by atoms with E-state index >= 15 is 0 Å². The van der Waals surface area contributed by atoms with Crippen LogP contribution in [0.15, 0.2) is 42.7 Å². The second kappa shape index (κ2) is 2.73. The number of fused-ring (bicyclic) bond motifs is 3. The summed E-state index contributed by atoms with van der Waals surface area (Å²) in [5.74, 6) is 0. The summed E-state index contributed by atoms with van der Waals surface area (Å²) >= 11 is 0. The monoisotopic (exact) mass is 181 g/mol. The predicted molar refractivity (Wildman–Crippen MR) is 54.8 cm³/mol. The Morgan fingerprint density at radius 1 is 0.786 bits per heavy atom. The van der Waals surface area contributed by atoms with Gasteiger partial charge in [0.1, 0.15) is 0 Å². The van der Waals surface area contributed by atoms with Crippen LogP contribution in [0, 0.1) is 0 Å². The largest absolute Gasteiger partial charge is 0.264 e. The lowest BCUT2D eigenvalue weighted by Crippen LogP contribution is -1.87. The number of hydrogen-bond acceptors (Lipinski definition) is 3. The molecule has 0 radical (unpaired) electrons. The SMILES string of the molecule is c1ccc2c(c1)nnc1ccncc12. The first-order valence-corrected chi connectivity index (χ1v) is 4.40. The molecule has 0 amide bonds. The van der Waals surface area contributed by atoms with Crippen LogP contribution in [0.1, 0.15) is 0 Å². The summed E-state index contributed by atoms with van der Waals surface area (Å²) < 4.78 is 0. The van der Waals surface area contributed by atoms with Gasteiger partial charge in [-0.15, -0.1) is 10.2 Å². The van der Waals surface area contributed by atoms with Gasteiger partial charge in [-0.25, -0.2) is 0 Å². The molecule has 3 heteroatoms. The molecule has 2 heterocycles. The number of aromatic nitrogens is 3. The molecule has 0 saturated heterocycles. The fraction of sp³-hybridized carbons (Fsp3) is 0. The zero-order chi connectivity index (χ0) is 9.38. The minimum Gasteiger partial charge on any atom is -0.264 e. The van der Waals surface area contributed by atoms with Crippen molar-refractivity contribution in [2.45, 2.75) is 0 Å². The number of benzene rings is 1. The molecule has 0 aliphatic rings. The van der Waals surface area contributed by atoms with Gasteiger partial charge in [0.25, 0.3) is 0 Å². The van der Waals surface area contributed by atoms with Gasteiger partial charge in [-0.3, -0.25) is 4.98 Å². The van der Waals surface area contributed by atoms with Gasteiger partial charge in [-0.05, 0) is 12.1 Å². The van der Waals surface area contributed by atoms with E-state index in [2.05, 4.69) is 15.2 Å². The van der Waals surface area contributed by atoms with Crippen LogP contribution in [-0.2, 0) is 0 Å². The molecule has 0 aliphatic heterocycles. The average Bonchev–Trinajstić information content (AvgIpc) is 2.29. The Kier molecular flexibility index (Phi) is 1.44. The Hall–Kier alpha value is -2.03. The number of rotatable bonds is 0. The number of nitrogens with zero attached hydrogens (tertiary/aromatic N) is 3. The second-order valence-electron chi connectivity index (χ2n) is 3.11. The molecule has 14 heavy (non-hydrogen) atoms. The zero-order valence-corrected chi connectivity index (χ0v) is 7.38. The molecule has 0 bridgehead atoms. The molecular formula is C11H7N3. The van der Waals surface area contributed by atoms with E-state index in [0.717, 1.165) is 21.8 Å². The first-order chi connectivity index (χ1) is 6.95. The van der Waals surface area contributed by atoms with Crippen LogP contribution in [0.5, 0.6) is 0 Å². The highest BCUT2D eigenvalue weighted by Gasteiger charge is 2.00. The average molecular weight is 181 g/mol. The smallest absolute Gasteiger partial charge is 0.0966 e. The summed E-state index contributed by atoms with van der Waals surface area (Å²) in [7, 11) is 0. The van der Waals surface area contributed by atoms with Gasteiger partial charge in [0.15, 0.2) is 0 Å². The zero-order valence-electron chi connectivity index (χ0n) is 7.38. The van der Waals surface area contributed by atoms with Crippen LogP contribution in [0.3, 0.4) is 0 Å². The lowest BCUT2D eigenvalue weighted by Gasteiger charge is -1.99. The normalized spacial score (nSPS) is 10.9. The Bertz CT molecular complexity index is 550. The maximum absolute atomic E-state index is 4.13. The van der Waals surface area contributed by atoms with Crippen LogP contribution in [-0.4, -0.2) is 15.2 Å². The van der Waals surface area contributed by atoms with Crippen molar-refractivity contribution in [2.75, 3.05) is 0 Å². The second-order valence-corrected chi connectivity index (χ2v) is 3.11. The summed E-state index contributed by atoms with van der Waals surface area (Å²) in [5.41, 5.74) is 1.80. The predicted octanol–water partition coefficient (Wildman–Crippen LogP) is 2.18. The van der Waals surface area contributed by atoms with E-state index in [1.807, 2.05) is 36.5 Å². The summed E-state index contributed by atoms with van der Waals surface area (Å²) in [6, 6.07) is 9.81. The van der Waals surface area contributed by atoms with Crippen molar-refractivity contribution < 1.29 is 0 Å². The van der Waals surface area contributed by atoms with Crippen LogP contribution in [0.25, 0.3) is 21.8 Å². The van der Waals surface area contributed by atoms with Crippen LogP contribution >= 0.6 is 0 Å². The molecule has 0 fully saturated rings. The summed E-state index contributed by atoms with van der Waals surface area (Å²) in [4.78, 5) is 4.10. The van der Waals surface area contributed by atoms with Crippen LogP contribution in [0.4, 0.5) is 0 Å². The van der Waals surface area contributed by atoms with Crippen LogP contribution < -0.4 is 0 Å². The first kappa shape index (κ1) is 7.38. The lowest BCUT2D eigenvalue weighted by molar-refractivity contribution is 1.12. The maximum atomic E-state index is 4.13. The fourth-order valence-electron chi connectivity index (χ4n) is 1.58. The van der Waals surface area contributed by atoms with Crippen molar-refractivity contribution in [2.24, 2.45) is 0 Å². The fourth-order valence-corrected chi connectivity index (χ4v) is 1.58. The van der Waals surface area contributed by atoms with Gasteiger partial charge in [-0.1, -0.05) is 18.2 Å². The number of hydrogen-bond donors (Lipinski definition) is 0. The molecule has 66 valence electrons. The molecule has 0 aliphatic carbocycles. The molecule has 0 N–H and O–H groups in total. The van der Waals surface area contributed by atoms with Crippen molar-refractivity contribution >= 4 is 21.8 Å². The molecule has 0 atom stereocenters. The van der Waals surface area contributed by atoms with Crippen molar-refractivity contribution in [3.63, 3.8) is 0 Å². The topological polar surface area (TPSA) is 38.7 Å². The maximum Gasteiger partial charge on any atom is 0.0966 e. The van der Waals surface area contributed by atoms with E-state index in [1.165, 1.54) is 0 Å². The third kappa shape index (κ3) is 0.956. The number of pyridine rings is 1. The molecule has 3 nitrogen and oxygen atoms in total. The van der Waals surface area contributed by atoms with E-state index in [0.29, 0.717) is 0 Å². The van der Waals surface area contributed by atoms with E-state index in [4.69, 9.17) is 0 Å². The summed E-state index contributed by atoms with van der Waals surface area (Å²) in [5, 5.41) is 10.4. The van der Waals surface area contributed by atoms with Gasteiger partial charge in [0, 0.05) is 23.2 Å². The lowest BCUT2D eigenvalue weighted by atomic mass is 10.1. The Morgan fingerprint density at radius 3 is 2.50 bits per heavy atom. The Morgan fingerprint density at radius 2 is 1.57 bits per heavy atom. The molecule has 1 aromatic carbocycles. The molecule has 0 saturated carbocycles. The minimum absolute atomic E-state index is 0.888. The van der Waals surface area contributed by atoms with E-state index in [9.17, 15) is 0 Å². The minimum atomic E-state index is 0.888. The van der Waals surface area contributed by atoms with Gasteiger partial charge >= 0.3 is 0 Å². The molecule has 3 aromatic rings. The van der Waals surface area contributed by atoms with Crippen LogP contribution in [0.2, 0.25) is 0 Å². The van der Waals surface area contributed by atoms with Crippen molar-refractivity contribution in [1.82, 2.24) is 15.2 Å². The summed E-state index contributed by atoms with van der Waals surface area (Å²) in [6.45, 7) is 0. The highest BCUT2D eigenvalue weighted by atomic mass is 15.1. The molecule has 3 rings (SSSR count).